The molecule has 60 heavy (non-hydrogen) atoms. The molecule has 0 atom stereocenters. The molecule has 0 unspecified atom stereocenters. The second-order valence-corrected chi connectivity index (χ2v) is 21.9. The predicted molar refractivity (Wildman–Crippen MR) is 250 cm³/mol. The van der Waals surface area contributed by atoms with E-state index in [9.17, 15) is 0 Å². The maximum Gasteiger partial charge on any atom is 0.120 e. The first-order chi connectivity index (χ1) is 28.6. The van der Waals surface area contributed by atoms with Crippen LogP contribution in [0.4, 0.5) is 0 Å². The topological polar surface area (TPSA) is 43.9 Å². The zero-order valence-corrected chi connectivity index (χ0v) is 38.3. The van der Waals surface area contributed by atoms with Crippen molar-refractivity contribution >= 4 is 57.0 Å². The normalized spacial score (nSPS) is 11.6. The molecule has 0 saturated carbocycles. The molecule has 1 radical (unpaired) electrons. The molecule has 3 heterocycles. The van der Waals surface area contributed by atoms with Crippen molar-refractivity contribution in [3.8, 4) is 39.5 Å². The Balaban J connectivity index is 0.000000194. The van der Waals surface area contributed by atoms with Gasteiger partial charge in [0.15, 0.2) is 0 Å². The molecular weight excluding hydrogens is 927 g/mol. The molecule has 10 rings (SSSR count). The van der Waals surface area contributed by atoms with Crippen LogP contribution in [0.25, 0.3) is 83.2 Å². The molecular formula is C54H47IrN3OSi-2. The molecule has 0 aliphatic heterocycles. The predicted octanol–water partition coefficient (Wildman–Crippen LogP) is 13.8. The van der Waals surface area contributed by atoms with E-state index in [2.05, 4.69) is 179 Å². The molecule has 0 spiro atoms. The van der Waals surface area contributed by atoms with E-state index in [0.717, 1.165) is 84.2 Å². The van der Waals surface area contributed by atoms with Gasteiger partial charge in [0, 0.05) is 42.6 Å². The van der Waals surface area contributed by atoms with E-state index in [1.807, 2.05) is 36.4 Å². The fourth-order valence-corrected chi connectivity index (χ4v) is 9.87. The number of para-hydroxylation sites is 3. The first-order valence-electron chi connectivity index (χ1n) is 20.5. The summed E-state index contributed by atoms with van der Waals surface area (Å²) in [6.07, 6.45) is 3.25. The molecule has 7 aromatic carbocycles. The minimum absolute atomic E-state index is 0. The van der Waals surface area contributed by atoms with E-state index in [-0.39, 0.29) is 20.1 Å². The minimum Gasteiger partial charge on any atom is -0.501 e. The summed E-state index contributed by atoms with van der Waals surface area (Å²) in [6.45, 7) is 13.9. The van der Waals surface area contributed by atoms with Crippen molar-refractivity contribution in [2.45, 2.75) is 46.8 Å². The standard InChI is InChI=1S/C35H21N2O.C19H26NSi.Ir/c1-2-11-23(12-3-1)26-22-21-24-13-4-5-14-25(24)33(26)37-31-19-8-7-18-30(31)36-35(37)29-17-10-16-28-27-15-6-9-20-32(27)38-34(28)29;1-14(2)10-17-12-18(16-9-7-8-15(3)11-16)20-13-19(17)21(4,5)6;/h1-16,18-22H;7-8,11-14H,10H2,1-6H3;/q2*-1;. The van der Waals surface area contributed by atoms with Crippen molar-refractivity contribution < 1.29 is 24.5 Å². The molecule has 0 aliphatic rings. The number of rotatable bonds is 7. The molecule has 0 bridgehead atoms. The number of hydrogen-bond donors (Lipinski definition) is 0. The first kappa shape index (κ1) is 40.8. The summed E-state index contributed by atoms with van der Waals surface area (Å²) in [5.74, 6) is 1.47. The molecule has 4 nitrogen and oxygen atoms in total. The van der Waals surface area contributed by atoms with Crippen LogP contribution in [-0.4, -0.2) is 22.6 Å². The number of nitrogens with zero attached hydrogens (tertiary/aromatic N) is 3. The van der Waals surface area contributed by atoms with Gasteiger partial charge in [0.1, 0.15) is 5.58 Å². The maximum atomic E-state index is 6.44. The van der Waals surface area contributed by atoms with Gasteiger partial charge in [0.2, 0.25) is 0 Å². The Kier molecular flexibility index (Phi) is 11.6. The van der Waals surface area contributed by atoms with E-state index in [1.54, 1.807) is 0 Å². The minimum atomic E-state index is -1.35. The van der Waals surface area contributed by atoms with Gasteiger partial charge in [0.25, 0.3) is 0 Å². The van der Waals surface area contributed by atoms with Crippen LogP contribution in [0.5, 0.6) is 0 Å². The number of pyridine rings is 1. The van der Waals surface area contributed by atoms with Gasteiger partial charge in [-0.1, -0.05) is 160 Å². The van der Waals surface area contributed by atoms with Crippen molar-refractivity contribution in [1.29, 1.82) is 0 Å². The fraction of sp³-hybridized carbons (Fsp3) is 0.148. The van der Waals surface area contributed by atoms with Crippen LogP contribution in [0.2, 0.25) is 19.6 Å². The summed E-state index contributed by atoms with van der Waals surface area (Å²) in [4.78, 5) is 9.92. The van der Waals surface area contributed by atoms with Gasteiger partial charge < -0.3 is 14.0 Å². The number of benzene rings is 7. The Morgan fingerprint density at radius 2 is 1.43 bits per heavy atom. The van der Waals surface area contributed by atoms with Crippen LogP contribution in [0, 0.1) is 25.0 Å². The summed E-state index contributed by atoms with van der Waals surface area (Å²) in [6, 6.07) is 59.4. The third-order valence-corrected chi connectivity index (χ3v) is 13.1. The Bertz CT molecular complexity index is 3120. The number of aryl methyl sites for hydroxylation is 1. The second-order valence-electron chi connectivity index (χ2n) is 16.9. The van der Waals surface area contributed by atoms with Crippen LogP contribution in [0.15, 0.2) is 162 Å². The van der Waals surface area contributed by atoms with Crippen LogP contribution in [-0.2, 0) is 26.5 Å². The molecule has 0 aliphatic carbocycles. The molecule has 0 amide bonds. The van der Waals surface area contributed by atoms with Crippen LogP contribution < -0.4 is 5.19 Å². The maximum absolute atomic E-state index is 6.44. The zero-order valence-electron chi connectivity index (χ0n) is 34.9. The molecule has 10 aromatic rings. The van der Waals surface area contributed by atoms with Gasteiger partial charge >= 0.3 is 0 Å². The van der Waals surface area contributed by atoms with E-state index in [0.29, 0.717) is 5.92 Å². The van der Waals surface area contributed by atoms with Crippen molar-refractivity contribution in [1.82, 2.24) is 14.5 Å². The van der Waals surface area contributed by atoms with E-state index in [1.165, 1.54) is 21.7 Å². The Hall–Kier alpha value is -5.91. The molecule has 0 saturated heterocycles. The molecule has 299 valence electrons. The van der Waals surface area contributed by atoms with Gasteiger partial charge in [-0.05, 0) is 52.4 Å². The van der Waals surface area contributed by atoms with Crippen LogP contribution >= 0.6 is 0 Å². The SMILES string of the molecule is Cc1cc[c-]c(-c2cc(CC(C)C)c([Si](C)(C)C)cn2)c1.[Ir].[c-]1ccc2c(oc3ccccc32)c1-c1nc2ccccc2n1-c1c(-c2ccccc2)ccc2ccccc12. The number of imidazole rings is 1. The Labute approximate surface area is 367 Å². The number of fused-ring (bicyclic) bond motifs is 5. The molecule has 6 heteroatoms. The Morgan fingerprint density at radius 3 is 2.22 bits per heavy atom. The van der Waals surface area contributed by atoms with Crippen molar-refractivity contribution in [3.05, 3.63) is 181 Å². The largest absolute Gasteiger partial charge is 0.501 e. The average molecular weight is 974 g/mol. The van der Waals surface area contributed by atoms with Gasteiger partial charge in [-0.25, -0.2) is 0 Å². The monoisotopic (exact) mass is 974 g/mol. The second kappa shape index (κ2) is 17.0. The third-order valence-electron chi connectivity index (χ3n) is 11.0. The summed E-state index contributed by atoms with van der Waals surface area (Å²) >= 11 is 0. The van der Waals surface area contributed by atoms with E-state index < -0.39 is 8.07 Å². The summed E-state index contributed by atoms with van der Waals surface area (Å²) in [5, 5.41) is 5.99. The van der Waals surface area contributed by atoms with Crippen molar-refractivity contribution in [2.75, 3.05) is 0 Å². The van der Waals surface area contributed by atoms with Crippen LogP contribution in [0.1, 0.15) is 25.0 Å². The quantitative estimate of drug-likeness (QED) is 0.118. The summed E-state index contributed by atoms with van der Waals surface area (Å²) < 4.78 is 8.73. The molecule has 3 aromatic heterocycles. The first-order valence-corrected chi connectivity index (χ1v) is 24.0. The third kappa shape index (κ3) is 7.91. The van der Waals surface area contributed by atoms with Gasteiger partial charge in [-0.3, -0.25) is 4.98 Å². The van der Waals surface area contributed by atoms with Gasteiger partial charge in [0.05, 0.1) is 36.2 Å². The summed E-state index contributed by atoms with van der Waals surface area (Å²) in [5.41, 5.74) is 12.8. The fourth-order valence-electron chi connectivity index (χ4n) is 8.28. The average Bonchev–Trinajstić information content (AvgIpc) is 3.82. The van der Waals surface area contributed by atoms with Crippen molar-refractivity contribution in [2.24, 2.45) is 5.92 Å². The van der Waals surface area contributed by atoms with E-state index >= 15 is 0 Å². The summed E-state index contributed by atoms with van der Waals surface area (Å²) in [7, 11) is -1.35. The van der Waals surface area contributed by atoms with Gasteiger partial charge in [-0.15, -0.1) is 53.6 Å². The number of furan rings is 1. The van der Waals surface area contributed by atoms with Crippen molar-refractivity contribution in [3.63, 3.8) is 0 Å². The zero-order chi connectivity index (χ0) is 40.7. The smallest absolute Gasteiger partial charge is 0.120 e. The van der Waals surface area contributed by atoms with Crippen LogP contribution in [0.3, 0.4) is 0 Å². The Morgan fingerprint density at radius 1 is 0.717 bits per heavy atom. The number of aromatic nitrogens is 3. The molecule has 0 N–H and O–H groups in total. The van der Waals surface area contributed by atoms with E-state index in [4.69, 9.17) is 14.4 Å². The number of hydrogen-bond acceptors (Lipinski definition) is 3. The molecule has 0 fully saturated rings. The van der Waals surface area contributed by atoms with Gasteiger partial charge in [-0.2, -0.15) is 0 Å².